The van der Waals surface area contributed by atoms with Gasteiger partial charge in [0.25, 0.3) is 0 Å². The molecule has 0 rings (SSSR count). The van der Waals surface area contributed by atoms with Crippen LogP contribution in [0.25, 0.3) is 0 Å². The van der Waals surface area contributed by atoms with Crippen LogP contribution in [0.15, 0.2) is 48.6 Å². The van der Waals surface area contributed by atoms with E-state index < -0.39 is 0 Å². The SMILES string of the molecule is CCCC/C=C/CCCCCCCC/C=C/CCOCOCOCC/C=C/CCCCCCCC/C=C/CCCC. The molecule has 0 aliphatic carbocycles. The summed E-state index contributed by atoms with van der Waals surface area (Å²) < 4.78 is 16.4. The van der Waals surface area contributed by atoms with Gasteiger partial charge in [0.2, 0.25) is 0 Å². The highest BCUT2D eigenvalue weighted by molar-refractivity contribution is 4.83. The van der Waals surface area contributed by atoms with Gasteiger partial charge in [-0.15, -0.1) is 0 Å². The number of ether oxygens (including phenoxy) is 3. The Hall–Kier alpha value is -1.16. The first-order valence-electron chi connectivity index (χ1n) is 17.7. The third-order valence-electron chi connectivity index (χ3n) is 7.29. The summed E-state index contributed by atoms with van der Waals surface area (Å²) in [5.41, 5.74) is 0. The van der Waals surface area contributed by atoms with Crippen LogP contribution in [0.2, 0.25) is 0 Å². The topological polar surface area (TPSA) is 27.7 Å². The Bertz CT molecular complexity index is 528. The molecular formula is C38H70O3. The van der Waals surface area contributed by atoms with E-state index in [1.54, 1.807) is 0 Å². The van der Waals surface area contributed by atoms with Gasteiger partial charge < -0.3 is 14.2 Å². The monoisotopic (exact) mass is 575 g/mol. The molecule has 0 bridgehead atoms. The van der Waals surface area contributed by atoms with Crippen LogP contribution in [0, 0.1) is 0 Å². The molecule has 0 atom stereocenters. The van der Waals surface area contributed by atoms with Crippen LogP contribution >= 0.6 is 0 Å². The molecule has 3 nitrogen and oxygen atoms in total. The molecular weight excluding hydrogens is 504 g/mol. The van der Waals surface area contributed by atoms with E-state index in [4.69, 9.17) is 14.2 Å². The minimum Gasteiger partial charge on any atom is -0.355 e. The Morgan fingerprint density at radius 2 is 0.561 bits per heavy atom. The first-order valence-corrected chi connectivity index (χ1v) is 17.7. The van der Waals surface area contributed by atoms with Crippen LogP contribution in [0.1, 0.15) is 168 Å². The highest BCUT2D eigenvalue weighted by Gasteiger charge is 1.93. The molecule has 0 unspecified atom stereocenters. The van der Waals surface area contributed by atoms with Gasteiger partial charge in [0, 0.05) is 0 Å². The van der Waals surface area contributed by atoms with Crippen molar-refractivity contribution in [1.29, 1.82) is 0 Å². The second-order valence-electron chi connectivity index (χ2n) is 11.4. The zero-order valence-corrected chi connectivity index (χ0v) is 27.6. The first kappa shape index (κ1) is 39.8. The maximum atomic E-state index is 5.51. The van der Waals surface area contributed by atoms with E-state index in [-0.39, 0.29) is 0 Å². The molecule has 3 heteroatoms. The molecule has 0 heterocycles. The van der Waals surface area contributed by atoms with Gasteiger partial charge in [-0.05, 0) is 77.0 Å². The zero-order chi connectivity index (χ0) is 29.6. The summed E-state index contributed by atoms with van der Waals surface area (Å²) in [6.07, 6.45) is 49.5. The van der Waals surface area contributed by atoms with E-state index in [1.807, 2.05) is 0 Å². The van der Waals surface area contributed by atoms with E-state index in [9.17, 15) is 0 Å². The largest absolute Gasteiger partial charge is 0.355 e. The standard InChI is InChI=1S/C38H70O3/c1-3-5-7-9-11-13-15-17-19-21-23-25-27-29-31-33-35-39-37-41-38-40-36-34-32-30-28-26-24-22-20-18-16-14-12-10-8-6-4-2/h9-12,29-32H,3-8,13-28,33-38H2,1-2H3/b11-9+,12-10+,31-29+,32-30+. The van der Waals surface area contributed by atoms with Gasteiger partial charge in [-0.1, -0.05) is 140 Å². The van der Waals surface area contributed by atoms with E-state index in [0.717, 1.165) is 12.8 Å². The van der Waals surface area contributed by atoms with E-state index in [0.29, 0.717) is 26.8 Å². The minimum absolute atomic E-state index is 0.313. The highest BCUT2D eigenvalue weighted by Crippen LogP contribution is 2.11. The second kappa shape index (κ2) is 38.8. The fourth-order valence-corrected chi connectivity index (χ4v) is 4.62. The summed E-state index contributed by atoms with van der Waals surface area (Å²) in [5, 5.41) is 0. The lowest BCUT2D eigenvalue weighted by atomic mass is 10.1. The van der Waals surface area contributed by atoms with Gasteiger partial charge >= 0.3 is 0 Å². The molecule has 0 saturated heterocycles. The van der Waals surface area contributed by atoms with Crippen molar-refractivity contribution in [2.75, 3.05) is 26.8 Å². The molecule has 0 aromatic heterocycles. The van der Waals surface area contributed by atoms with Crippen LogP contribution in [0.3, 0.4) is 0 Å². The van der Waals surface area contributed by atoms with Crippen LogP contribution in [0.5, 0.6) is 0 Å². The third kappa shape index (κ3) is 38.8. The third-order valence-corrected chi connectivity index (χ3v) is 7.29. The van der Waals surface area contributed by atoms with Crippen molar-refractivity contribution < 1.29 is 14.2 Å². The van der Waals surface area contributed by atoms with Gasteiger partial charge in [-0.2, -0.15) is 0 Å². The van der Waals surface area contributed by atoms with Gasteiger partial charge in [0.05, 0.1) is 13.2 Å². The lowest BCUT2D eigenvalue weighted by molar-refractivity contribution is -0.129. The average Bonchev–Trinajstić information content (AvgIpc) is 2.98. The average molecular weight is 575 g/mol. The van der Waals surface area contributed by atoms with Crippen LogP contribution in [-0.4, -0.2) is 26.8 Å². The number of allylic oxidation sites excluding steroid dienone is 6. The van der Waals surface area contributed by atoms with Crippen molar-refractivity contribution in [3.05, 3.63) is 48.6 Å². The number of unbranched alkanes of at least 4 members (excludes halogenated alkanes) is 18. The normalized spacial score (nSPS) is 12.3. The zero-order valence-electron chi connectivity index (χ0n) is 27.6. The molecule has 0 fully saturated rings. The predicted octanol–water partition coefficient (Wildman–Crippen LogP) is 12.6. The van der Waals surface area contributed by atoms with Gasteiger partial charge in [0.15, 0.2) is 0 Å². The fourth-order valence-electron chi connectivity index (χ4n) is 4.62. The summed E-state index contributed by atoms with van der Waals surface area (Å²) in [6, 6.07) is 0. The number of rotatable bonds is 34. The molecule has 0 amide bonds. The lowest BCUT2D eigenvalue weighted by Gasteiger charge is -2.05. The van der Waals surface area contributed by atoms with Gasteiger partial charge in [-0.25, -0.2) is 0 Å². The molecule has 0 N–H and O–H groups in total. The van der Waals surface area contributed by atoms with Gasteiger partial charge in [-0.3, -0.25) is 0 Å². The van der Waals surface area contributed by atoms with E-state index >= 15 is 0 Å². The van der Waals surface area contributed by atoms with Crippen molar-refractivity contribution in [3.63, 3.8) is 0 Å². The van der Waals surface area contributed by atoms with Crippen molar-refractivity contribution in [2.45, 2.75) is 168 Å². The van der Waals surface area contributed by atoms with E-state index in [1.165, 1.54) is 141 Å². The lowest BCUT2D eigenvalue weighted by Crippen LogP contribution is -2.05. The Morgan fingerprint density at radius 3 is 0.878 bits per heavy atom. The summed E-state index contributed by atoms with van der Waals surface area (Å²) in [4.78, 5) is 0. The van der Waals surface area contributed by atoms with Crippen molar-refractivity contribution in [3.8, 4) is 0 Å². The Balaban J connectivity index is 3.17. The predicted molar refractivity (Wildman–Crippen MR) is 181 cm³/mol. The maximum absolute atomic E-state index is 5.51. The molecule has 0 radical (unpaired) electrons. The van der Waals surface area contributed by atoms with Crippen LogP contribution < -0.4 is 0 Å². The Kier molecular flexibility index (Phi) is 37.7. The quantitative estimate of drug-likeness (QED) is 0.0434. The Labute approximate surface area is 257 Å². The second-order valence-corrected chi connectivity index (χ2v) is 11.4. The summed E-state index contributed by atoms with van der Waals surface area (Å²) in [6.45, 7) is 6.56. The Morgan fingerprint density at radius 1 is 0.293 bits per heavy atom. The molecule has 0 aliphatic rings. The number of hydrogen-bond donors (Lipinski definition) is 0. The van der Waals surface area contributed by atoms with Gasteiger partial charge in [0.1, 0.15) is 13.6 Å². The summed E-state index contributed by atoms with van der Waals surface area (Å²) in [7, 11) is 0. The van der Waals surface area contributed by atoms with Crippen molar-refractivity contribution in [2.24, 2.45) is 0 Å². The smallest absolute Gasteiger partial charge is 0.149 e. The van der Waals surface area contributed by atoms with Crippen LogP contribution in [-0.2, 0) is 14.2 Å². The molecule has 240 valence electrons. The van der Waals surface area contributed by atoms with Crippen molar-refractivity contribution in [1.82, 2.24) is 0 Å². The van der Waals surface area contributed by atoms with Crippen molar-refractivity contribution >= 4 is 0 Å². The summed E-state index contributed by atoms with van der Waals surface area (Å²) >= 11 is 0. The molecule has 0 spiro atoms. The maximum Gasteiger partial charge on any atom is 0.149 e. The molecule has 0 aromatic rings. The fraction of sp³-hybridized carbons (Fsp3) is 0.789. The molecule has 0 aromatic carbocycles. The molecule has 41 heavy (non-hydrogen) atoms. The minimum atomic E-state index is 0.313. The van der Waals surface area contributed by atoms with Crippen LogP contribution in [0.4, 0.5) is 0 Å². The molecule has 0 aliphatic heterocycles. The molecule has 0 saturated carbocycles. The highest BCUT2D eigenvalue weighted by atomic mass is 16.7. The van der Waals surface area contributed by atoms with E-state index in [2.05, 4.69) is 62.5 Å². The number of hydrogen-bond acceptors (Lipinski definition) is 3. The summed E-state index contributed by atoms with van der Waals surface area (Å²) in [5.74, 6) is 0. The first-order chi connectivity index (χ1) is 20.4.